The smallest absolute Gasteiger partial charge is 0.172 e. The summed E-state index contributed by atoms with van der Waals surface area (Å²) in [6, 6.07) is 57.4. The first kappa shape index (κ1) is 60.2. The lowest BCUT2D eigenvalue weighted by Crippen LogP contribution is -2.33. The van der Waals surface area contributed by atoms with Crippen molar-refractivity contribution in [2.45, 2.75) is 148 Å². The quantitative estimate of drug-likeness (QED) is 0.0179. The SMILES string of the molecule is C=C/C=C\C(=C/NCCCCCc1cc(CCCCC[n+]2cccc(Cc3ccccc3)c2)c(CCCCCN=C/C=C\C(=C/C)Cc2ccccc2)cc1CCCCC[n+]1cccc(Cc2ccccc2)c1)Cc1ccccc1. The Morgan fingerprint density at radius 1 is 0.450 bits per heavy atom. The molecule has 1 N–H and O–H groups in total. The molecule has 0 amide bonds. The molecule has 0 spiro atoms. The van der Waals surface area contributed by atoms with Crippen molar-refractivity contribution in [3.05, 3.63) is 299 Å². The Hall–Kier alpha value is -7.43. The van der Waals surface area contributed by atoms with Crippen LogP contribution in [0.2, 0.25) is 0 Å². The number of hydrogen-bond donors (Lipinski definition) is 1. The summed E-state index contributed by atoms with van der Waals surface area (Å²) in [7, 11) is 0. The molecule has 4 nitrogen and oxygen atoms in total. The minimum Gasteiger partial charge on any atom is -0.391 e. The molecule has 0 aliphatic rings. The van der Waals surface area contributed by atoms with Crippen LogP contribution in [-0.4, -0.2) is 19.3 Å². The molecule has 0 aliphatic heterocycles. The summed E-state index contributed by atoms with van der Waals surface area (Å²) in [4.78, 5) is 4.80. The second-order valence-electron chi connectivity index (χ2n) is 21.7. The van der Waals surface area contributed by atoms with Crippen molar-refractivity contribution in [2.75, 3.05) is 13.1 Å². The number of hydrogen-bond acceptors (Lipinski definition) is 2. The standard InChI is InChI=1S/C76H92N4/c1-3-5-33-70(57-67-36-16-7-17-37-67)62-78-50-27-11-23-46-74-61-75(47-24-12-28-52-79-54-31-43-71(63-79)58-68-38-18-8-19-39-68)73(45-22-10-26-49-77-51-30-42-65(4-2)56-66-34-14-6-15-35-66)60-76(74)48-25-13-29-53-80-55-32-44-72(64-80)59-69-40-20-9-21-41-69/h3-9,14-21,30-44,51,54-55,60-64,78H,1,10-13,22-29,45-50,52-53,56-59H2,2H3/q+2/b33-5-,42-30-,65-4+,70-62+,77-51?. The van der Waals surface area contributed by atoms with Gasteiger partial charge < -0.3 is 5.32 Å². The number of aromatic nitrogens is 2. The Kier molecular flexibility index (Phi) is 27.6. The highest BCUT2D eigenvalue weighted by Gasteiger charge is 2.13. The van der Waals surface area contributed by atoms with Crippen LogP contribution < -0.4 is 14.5 Å². The average molecular weight is 1060 g/mol. The number of rotatable bonds is 37. The van der Waals surface area contributed by atoms with Crippen LogP contribution in [0, 0.1) is 0 Å². The highest BCUT2D eigenvalue weighted by atomic mass is 14.9. The maximum atomic E-state index is 4.80. The van der Waals surface area contributed by atoms with Gasteiger partial charge in [-0.1, -0.05) is 183 Å². The number of benzene rings is 5. The predicted octanol–water partition coefficient (Wildman–Crippen LogP) is 17.0. The summed E-state index contributed by atoms with van der Waals surface area (Å²) >= 11 is 0. The van der Waals surface area contributed by atoms with Gasteiger partial charge in [-0.05, 0) is 177 Å². The highest BCUT2D eigenvalue weighted by Crippen LogP contribution is 2.26. The number of nitrogens with zero attached hydrogens (tertiary/aromatic N) is 3. The lowest BCUT2D eigenvalue weighted by molar-refractivity contribution is -0.697. The molecule has 0 radical (unpaired) electrons. The lowest BCUT2D eigenvalue weighted by atomic mass is 9.88. The first-order chi connectivity index (χ1) is 39.6. The van der Waals surface area contributed by atoms with Gasteiger partial charge in [0.1, 0.15) is 13.1 Å². The Balaban J connectivity index is 0.982. The molecule has 2 aromatic heterocycles. The fourth-order valence-electron chi connectivity index (χ4n) is 10.8. The zero-order valence-corrected chi connectivity index (χ0v) is 48.5. The monoisotopic (exact) mass is 1060 g/mol. The molecule has 0 bridgehead atoms. The van der Waals surface area contributed by atoms with Gasteiger partial charge in [0.2, 0.25) is 0 Å². The van der Waals surface area contributed by atoms with Crippen LogP contribution in [0.25, 0.3) is 0 Å². The van der Waals surface area contributed by atoms with Gasteiger partial charge in [0.15, 0.2) is 24.8 Å². The van der Waals surface area contributed by atoms with Gasteiger partial charge in [0, 0.05) is 68.2 Å². The molecular formula is C76H92N4+2. The maximum Gasteiger partial charge on any atom is 0.172 e. The normalized spacial score (nSPS) is 12.1. The fraction of sp³-hybridized carbons (Fsp3) is 0.329. The summed E-state index contributed by atoms with van der Waals surface area (Å²) in [6.45, 7) is 10.0. The largest absolute Gasteiger partial charge is 0.391 e. The van der Waals surface area contributed by atoms with Crippen LogP contribution in [0.15, 0.2) is 248 Å². The van der Waals surface area contributed by atoms with Crippen molar-refractivity contribution >= 4 is 6.21 Å². The third-order valence-corrected chi connectivity index (χ3v) is 15.2. The van der Waals surface area contributed by atoms with Gasteiger partial charge in [0.25, 0.3) is 0 Å². The van der Waals surface area contributed by atoms with Crippen molar-refractivity contribution < 1.29 is 9.13 Å². The average Bonchev–Trinajstić information content (AvgIpc) is 3.49. The molecule has 2 heterocycles. The fourth-order valence-corrected chi connectivity index (χ4v) is 10.8. The Bertz CT molecular complexity index is 2980. The van der Waals surface area contributed by atoms with Crippen LogP contribution in [0.5, 0.6) is 0 Å². The minimum absolute atomic E-state index is 0.876. The number of nitrogens with one attached hydrogen (secondary N) is 1. The third-order valence-electron chi connectivity index (χ3n) is 15.2. The first-order valence-electron chi connectivity index (χ1n) is 30.4. The molecule has 0 saturated heterocycles. The van der Waals surface area contributed by atoms with Crippen molar-refractivity contribution in [3.8, 4) is 0 Å². The molecule has 7 aromatic rings. The molecule has 0 unspecified atom stereocenters. The van der Waals surface area contributed by atoms with E-state index in [1.165, 1.54) is 109 Å². The molecular weight excluding hydrogens is 969 g/mol. The first-order valence-corrected chi connectivity index (χ1v) is 30.4. The molecule has 0 atom stereocenters. The van der Waals surface area contributed by atoms with Gasteiger partial charge in [-0.3, -0.25) is 4.99 Å². The predicted molar refractivity (Wildman–Crippen MR) is 340 cm³/mol. The molecule has 0 aliphatic carbocycles. The summed E-state index contributed by atoms with van der Waals surface area (Å²) in [5, 5.41) is 3.65. The van der Waals surface area contributed by atoms with E-state index >= 15 is 0 Å². The molecule has 414 valence electrons. The number of aliphatic imine (C=N–C) groups is 1. The van der Waals surface area contributed by atoms with Gasteiger partial charge in [-0.15, -0.1) is 0 Å². The van der Waals surface area contributed by atoms with E-state index in [1.54, 1.807) is 22.3 Å². The van der Waals surface area contributed by atoms with Crippen molar-refractivity contribution in [2.24, 2.45) is 4.99 Å². The zero-order valence-electron chi connectivity index (χ0n) is 48.5. The van der Waals surface area contributed by atoms with E-state index in [4.69, 9.17) is 4.99 Å². The van der Waals surface area contributed by atoms with E-state index in [9.17, 15) is 0 Å². The maximum absolute atomic E-state index is 4.80. The van der Waals surface area contributed by atoms with Gasteiger partial charge >= 0.3 is 0 Å². The van der Waals surface area contributed by atoms with Crippen molar-refractivity contribution in [3.63, 3.8) is 0 Å². The van der Waals surface area contributed by atoms with Crippen LogP contribution in [0.4, 0.5) is 0 Å². The molecule has 0 fully saturated rings. The minimum atomic E-state index is 0.876. The molecule has 0 saturated carbocycles. The van der Waals surface area contributed by atoms with E-state index < -0.39 is 0 Å². The van der Waals surface area contributed by atoms with Crippen LogP contribution in [0.1, 0.15) is 140 Å². The van der Waals surface area contributed by atoms with Gasteiger partial charge in [-0.25, -0.2) is 9.13 Å². The topological polar surface area (TPSA) is 32.1 Å². The number of aryl methyl sites for hydroxylation is 6. The van der Waals surface area contributed by atoms with E-state index in [-0.39, 0.29) is 0 Å². The number of allylic oxidation sites excluding steroid dienone is 8. The Morgan fingerprint density at radius 3 is 1.35 bits per heavy atom. The van der Waals surface area contributed by atoms with Crippen molar-refractivity contribution in [1.82, 2.24) is 5.32 Å². The summed E-state index contributed by atoms with van der Waals surface area (Å²) < 4.78 is 4.81. The molecule has 4 heteroatoms. The van der Waals surface area contributed by atoms with E-state index in [2.05, 4.69) is 241 Å². The molecule has 5 aromatic carbocycles. The Morgan fingerprint density at radius 2 is 0.875 bits per heavy atom. The van der Waals surface area contributed by atoms with Gasteiger partial charge in [-0.2, -0.15) is 0 Å². The summed E-state index contributed by atoms with van der Waals surface area (Å²) in [6.07, 6.45) is 48.7. The van der Waals surface area contributed by atoms with Crippen LogP contribution in [0.3, 0.4) is 0 Å². The van der Waals surface area contributed by atoms with Crippen LogP contribution in [-0.2, 0) is 64.5 Å². The van der Waals surface area contributed by atoms with Gasteiger partial charge in [0.05, 0.1) is 0 Å². The number of unbranched alkanes of at least 4 members (excludes halogenated alkanes) is 8. The van der Waals surface area contributed by atoms with E-state index in [1.807, 2.05) is 18.4 Å². The molecule has 80 heavy (non-hydrogen) atoms. The van der Waals surface area contributed by atoms with Crippen LogP contribution >= 0.6 is 0 Å². The molecule has 7 rings (SSSR count). The zero-order chi connectivity index (χ0) is 55.3. The van der Waals surface area contributed by atoms with E-state index in [0.29, 0.717) is 0 Å². The summed E-state index contributed by atoms with van der Waals surface area (Å²) in [5.41, 5.74) is 17.1. The summed E-state index contributed by atoms with van der Waals surface area (Å²) in [5.74, 6) is 0. The van der Waals surface area contributed by atoms with Crippen molar-refractivity contribution in [1.29, 1.82) is 0 Å². The second kappa shape index (κ2) is 36.7. The second-order valence-corrected chi connectivity index (χ2v) is 21.7. The van der Waals surface area contributed by atoms with E-state index in [0.717, 1.165) is 90.4 Å². The number of pyridine rings is 2. The third kappa shape index (κ3) is 23.5. The highest BCUT2D eigenvalue weighted by molar-refractivity contribution is 5.71. The Labute approximate surface area is 483 Å². The lowest BCUT2D eigenvalue weighted by Gasteiger charge is -2.18.